The third kappa shape index (κ3) is 5.72. The number of nitriles is 1. The number of carbonyl (C=O) groups is 2. The second-order valence-electron chi connectivity index (χ2n) is 5.41. The van der Waals surface area contributed by atoms with E-state index in [1.807, 2.05) is 6.07 Å². The predicted octanol–water partition coefficient (Wildman–Crippen LogP) is 3.81. The number of ether oxygens (including phenoxy) is 3. The van der Waals surface area contributed by atoms with Crippen molar-refractivity contribution >= 4 is 17.8 Å². The monoisotopic (exact) mass is 365 g/mol. The second-order valence-corrected chi connectivity index (χ2v) is 5.41. The van der Waals surface area contributed by atoms with E-state index < -0.39 is 5.97 Å². The van der Waals surface area contributed by atoms with E-state index in [2.05, 4.69) is 0 Å². The van der Waals surface area contributed by atoms with Gasteiger partial charge in [-0.3, -0.25) is 4.79 Å². The van der Waals surface area contributed by atoms with E-state index in [0.29, 0.717) is 34.8 Å². The average Bonchev–Trinajstić information content (AvgIpc) is 2.70. The molecule has 0 saturated carbocycles. The van der Waals surface area contributed by atoms with Crippen molar-refractivity contribution in [3.05, 3.63) is 59.7 Å². The van der Waals surface area contributed by atoms with E-state index in [1.54, 1.807) is 55.5 Å². The average molecular weight is 365 g/mol. The second kappa shape index (κ2) is 9.78. The van der Waals surface area contributed by atoms with Crippen LogP contribution in [0, 0.1) is 11.3 Å². The molecule has 6 nitrogen and oxygen atoms in total. The summed E-state index contributed by atoms with van der Waals surface area (Å²) < 4.78 is 15.7. The molecule has 0 fully saturated rings. The largest absolute Gasteiger partial charge is 0.493 e. The zero-order chi connectivity index (χ0) is 19.6. The molecule has 27 heavy (non-hydrogen) atoms. The van der Waals surface area contributed by atoms with Crippen LogP contribution in [0.25, 0.3) is 6.08 Å². The van der Waals surface area contributed by atoms with Gasteiger partial charge < -0.3 is 14.2 Å². The van der Waals surface area contributed by atoms with Crippen LogP contribution in [0.2, 0.25) is 0 Å². The highest BCUT2D eigenvalue weighted by Gasteiger charge is 2.07. The SMILES string of the molecule is CCC(=O)c1ccc(OC(=O)/C=C/c2ccc(OCC#N)c(OC)c2)cc1. The molecule has 2 aromatic rings. The molecule has 0 saturated heterocycles. The van der Waals surface area contributed by atoms with Gasteiger partial charge in [0.2, 0.25) is 0 Å². The highest BCUT2D eigenvalue weighted by atomic mass is 16.5. The molecule has 0 aliphatic rings. The minimum Gasteiger partial charge on any atom is -0.493 e. The van der Waals surface area contributed by atoms with Crippen molar-refractivity contribution in [2.45, 2.75) is 13.3 Å². The molecule has 2 rings (SSSR count). The lowest BCUT2D eigenvalue weighted by atomic mass is 10.1. The summed E-state index contributed by atoms with van der Waals surface area (Å²) in [5.41, 5.74) is 1.29. The van der Waals surface area contributed by atoms with Crippen molar-refractivity contribution in [3.8, 4) is 23.3 Å². The molecular formula is C21H19NO5. The summed E-state index contributed by atoms with van der Waals surface area (Å²) in [4.78, 5) is 23.5. The van der Waals surface area contributed by atoms with E-state index in [4.69, 9.17) is 19.5 Å². The van der Waals surface area contributed by atoms with Crippen molar-refractivity contribution in [2.24, 2.45) is 0 Å². The van der Waals surface area contributed by atoms with Crippen LogP contribution in [0.3, 0.4) is 0 Å². The van der Waals surface area contributed by atoms with E-state index in [1.165, 1.54) is 13.2 Å². The summed E-state index contributed by atoms with van der Waals surface area (Å²) in [5.74, 6) is 0.741. The van der Waals surface area contributed by atoms with Gasteiger partial charge in [-0.25, -0.2) is 4.79 Å². The van der Waals surface area contributed by atoms with Crippen LogP contribution in [-0.4, -0.2) is 25.5 Å². The van der Waals surface area contributed by atoms with Crippen molar-refractivity contribution in [3.63, 3.8) is 0 Å². The lowest BCUT2D eigenvalue weighted by molar-refractivity contribution is -0.128. The maximum Gasteiger partial charge on any atom is 0.336 e. The first-order valence-electron chi connectivity index (χ1n) is 8.28. The summed E-state index contributed by atoms with van der Waals surface area (Å²) in [5, 5.41) is 8.57. The van der Waals surface area contributed by atoms with Crippen LogP contribution >= 0.6 is 0 Å². The molecule has 138 valence electrons. The molecule has 0 bridgehead atoms. The maximum atomic E-state index is 12.0. The first-order chi connectivity index (χ1) is 13.1. The maximum absolute atomic E-state index is 12.0. The Kier molecular flexibility index (Phi) is 7.15. The molecule has 0 N–H and O–H groups in total. The molecule has 0 aliphatic heterocycles. The molecule has 0 spiro atoms. The van der Waals surface area contributed by atoms with Gasteiger partial charge in [0.05, 0.1) is 7.11 Å². The van der Waals surface area contributed by atoms with Gasteiger partial charge in [-0.1, -0.05) is 13.0 Å². The smallest absolute Gasteiger partial charge is 0.336 e. The van der Waals surface area contributed by atoms with Crippen LogP contribution in [0.5, 0.6) is 17.2 Å². The van der Waals surface area contributed by atoms with Gasteiger partial charge >= 0.3 is 5.97 Å². The van der Waals surface area contributed by atoms with Crippen LogP contribution in [0.4, 0.5) is 0 Å². The zero-order valence-electron chi connectivity index (χ0n) is 15.1. The lowest BCUT2D eigenvalue weighted by Gasteiger charge is -2.08. The third-order valence-electron chi connectivity index (χ3n) is 3.61. The minimum atomic E-state index is -0.548. The third-order valence-corrected chi connectivity index (χ3v) is 3.61. The standard InChI is InChI=1S/C21H19NO5/c1-3-18(23)16-6-8-17(9-7-16)27-21(24)11-5-15-4-10-19(26-13-12-22)20(14-15)25-2/h4-11,14H,3,13H2,1-2H3/b11-5+. The van der Waals surface area contributed by atoms with Crippen LogP contribution in [0.1, 0.15) is 29.3 Å². The Labute approximate surface area is 157 Å². The Morgan fingerprint density at radius 3 is 2.48 bits per heavy atom. The van der Waals surface area contributed by atoms with E-state index in [-0.39, 0.29) is 12.4 Å². The summed E-state index contributed by atoms with van der Waals surface area (Å²) >= 11 is 0. The number of nitrogens with zero attached hydrogens (tertiary/aromatic N) is 1. The number of rotatable bonds is 8. The molecule has 6 heteroatoms. The Bertz CT molecular complexity index is 878. The first kappa shape index (κ1) is 19.7. The minimum absolute atomic E-state index is 0.0314. The first-order valence-corrected chi connectivity index (χ1v) is 8.28. The van der Waals surface area contributed by atoms with Gasteiger partial charge in [0.1, 0.15) is 11.8 Å². The van der Waals surface area contributed by atoms with Crippen molar-refractivity contribution in [2.75, 3.05) is 13.7 Å². The number of hydrogen-bond acceptors (Lipinski definition) is 6. The van der Waals surface area contributed by atoms with Crippen LogP contribution in [0.15, 0.2) is 48.5 Å². The molecule has 0 amide bonds. The number of hydrogen-bond donors (Lipinski definition) is 0. The lowest BCUT2D eigenvalue weighted by Crippen LogP contribution is -2.04. The fraction of sp³-hybridized carbons (Fsp3) is 0.190. The van der Waals surface area contributed by atoms with Crippen molar-refractivity contribution in [1.29, 1.82) is 5.26 Å². The van der Waals surface area contributed by atoms with E-state index in [9.17, 15) is 9.59 Å². The van der Waals surface area contributed by atoms with E-state index >= 15 is 0 Å². The summed E-state index contributed by atoms with van der Waals surface area (Å²) in [6.45, 7) is 1.71. The molecule has 0 aliphatic carbocycles. The number of ketones is 1. The van der Waals surface area contributed by atoms with E-state index in [0.717, 1.165) is 0 Å². The Morgan fingerprint density at radius 1 is 1.11 bits per heavy atom. The van der Waals surface area contributed by atoms with Gasteiger partial charge in [-0.05, 0) is 48.0 Å². The fourth-order valence-corrected chi connectivity index (χ4v) is 2.24. The molecule has 0 radical (unpaired) electrons. The molecular weight excluding hydrogens is 346 g/mol. The summed E-state index contributed by atoms with van der Waals surface area (Å²) in [6, 6.07) is 13.4. The molecule has 0 aromatic heterocycles. The van der Waals surface area contributed by atoms with Gasteiger partial charge in [-0.15, -0.1) is 0 Å². The van der Waals surface area contributed by atoms with Crippen LogP contribution in [-0.2, 0) is 4.79 Å². The number of esters is 1. The van der Waals surface area contributed by atoms with Gasteiger partial charge in [0, 0.05) is 18.1 Å². The Balaban J connectivity index is 2.01. The summed E-state index contributed by atoms with van der Waals surface area (Å²) in [6.07, 6.45) is 3.29. The molecule has 0 unspecified atom stereocenters. The topological polar surface area (TPSA) is 85.6 Å². The van der Waals surface area contributed by atoms with Gasteiger partial charge in [0.15, 0.2) is 23.9 Å². The zero-order valence-corrected chi connectivity index (χ0v) is 15.1. The number of Topliss-reactive ketones (excluding diaryl/α,β-unsaturated/α-hetero) is 1. The number of carbonyl (C=O) groups excluding carboxylic acids is 2. The fourth-order valence-electron chi connectivity index (χ4n) is 2.24. The van der Waals surface area contributed by atoms with Crippen molar-refractivity contribution < 1.29 is 23.8 Å². The quantitative estimate of drug-likeness (QED) is 0.306. The van der Waals surface area contributed by atoms with Gasteiger partial charge in [0.25, 0.3) is 0 Å². The number of benzene rings is 2. The normalized spacial score (nSPS) is 10.3. The van der Waals surface area contributed by atoms with Crippen molar-refractivity contribution in [1.82, 2.24) is 0 Å². The number of methoxy groups -OCH3 is 1. The van der Waals surface area contributed by atoms with Crippen LogP contribution < -0.4 is 14.2 Å². The predicted molar refractivity (Wildman–Crippen MR) is 99.8 cm³/mol. The Hall–Kier alpha value is -3.59. The highest BCUT2D eigenvalue weighted by molar-refractivity contribution is 5.96. The Morgan fingerprint density at radius 2 is 1.85 bits per heavy atom. The molecule has 2 aromatic carbocycles. The molecule has 0 heterocycles. The summed E-state index contributed by atoms with van der Waals surface area (Å²) in [7, 11) is 1.49. The van der Waals surface area contributed by atoms with Gasteiger partial charge in [-0.2, -0.15) is 5.26 Å². The highest BCUT2D eigenvalue weighted by Crippen LogP contribution is 2.28. The molecule has 0 atom stereocenters.